The minimum absolute atomic E-state index is 0. The Balaban J connectivity index is 0.00000144. The van der Waals surface area contributed by atoms with Gasteiger partial charge in [0, 0.05) is 18.6 Å². The van der Waals surface area contributed by atoms with Crippen LogP contribution in [0.5, 0.6) is 0 Å². The SMILES string of the molecule is CC(c1ccc2nccn2c1)n1nnc2ncc(Br)nc21.Cl. The Kier molecular flexibility index (Phi) is 3.79. The summed E-state index contributed by atoms with van der Waals surface area (Å²) < 4.78 is 4.41. The lowest BCUT2D eigenvalue weighted by Crippen LogP contribution is -2.10. The summed E-state index contributed by atoms with van der Waals surface area (Å²) in [5.41, 5.74) is 3.20. The minimum atomic E-state index is -0.00889. The molecule has 0 amide bonds. The van der Waals surface area contributed by atoms with Gasteiger partial charge in [0.1, 0.15) is 10.3 Å². The van der Waals surface area contributed by atoms with Crippen LogP contribution in [0, 0.1) is 0 Å². The second-order valence-corrected chi connectivity index (χ2v) is 5.52. The van der Waals surface area contributed by atoms with Crippen LogP contribution in [0.25, 0.3) is 16.9 Å². The zero-order chi connectivity index (χ0) is 14.4. The van der Waals surface area contributed by atoms with Crippen molar-refractivity contribution in [3.05, 3.63) is 47.1 Å². The molecule has 0 aliphatic rings. The van der Waals surface area contributed by atoms with Crippen molar-refractivity contribution < 1.29 is 0 Å². The standard InChI is InChI=1S/C13H10BrN7.ClH/c1-8(9-2-3-11-15-4-5-20(11)7-9)21-13-12(18-19-21)16-6-10(14)17-13;/h2-8H,1H3;1H. The van der Waals surface area contributed by atoms with Crippen molar-refractivity contribution in [3.63, 3.8) is 0 Å². The van der Waals surface area contributed by atoms with Crippen LogP contribution in [-0.4, -0.2) is 34.3 Å². The lowest BCUT2D eigenvalue weighted by molar-refractivity contribution is 0.554. The largest absolute Gasteiger partial charge is 0.307 e. The Bertz CT molecular complexity index is 948. The van der Waals surface area contributed by atoms with Crippen LogP contribution in [0.15, 0.2) is 41.5 Å². The molecule has 0 N–H and O–H groups in total. The molecule has 0 radical (unpaired) electrons. The number of rotatable bonds is 2. The van der Waals surface area contributed by atoms with E-state index in [0.29, 0.717) is 15.9 Å². The molecule has 4 aromatic rings. The van der Waals surface area contributed by atoms with E-state index in [0.717, 1.165) is 11.2 Å². The second kappa shape index (κ2) is 5.62. The third-order valence-electron chi connectivity index (χ3n) is 3.42. The quantitative estimate of drug-likeness (QED) is 0.534. The van der Waals surface area contributed by atoms with Gasteiger partial charge in [-0.3, -0.25) is 0 Å². The second-order valence-electron chi connectivity index (χ2n) is 4.71. The molecule has 4 aromatic heterocycles. The number of hydrogen-bond acceptors (Lipinski definition) is 5. The van der Waals surface area contributed by atoms with Gasteiger partial charge in [0.05, 0.1) is 12.2 Å². The zero-order valence-corrected chi connectivity index (χ0v) is 13.9. The topological polar surface area (TPSA) is 73.8 Å². The summed E-state index contributed by atoms with van der Waals surface area (Å²) in [6, 6.07) is 4.00. The predicted octanol–water partition coefficient (Wildman–Crippen LogP) is 2.66. The Morgan fingerprint density at radius 2 is 2.09 bits per heavy atom. The fraction of sp³-hybridized carbons (Fsp3) is 0.154. The number of pyridine rings is 1. The molecule has 9 heteroatoms. The van der Waals surface area contributed by atoms with E-state index in [9.17, 15) is 0 Å². The first-order valence-electron chi connectivity index (χ1n) is 6.38. The van der Waals surface area contributed by atoms with E-state index in [-0.39, 0.29) is 18.4 Å². The molecule has 1 unspecified atom stereocenters. The number of fused-ring (bicyclic) bond motifs is 2. The van der Waals surface area contributed by atoms with Crippen molar-refractivity contribution in [2.45, 2.75) is 13.0 Å². The van der Waals surface area contributed by atoms with Crippen molar-refractivity contribution in [1.82, 2.24) is 34.3 Å². The van der Waals surface area contributed by atoms with Gasteiger partial charge in [-0.05, 0) is 34.5 Å². The third kappa shape index (κ3) is 2.34. The molecule has 4 heterocycles. The molecule has 0 saturated carbocycles. The van der Waals surface area contributed by atoms with Crippen molar-refractivity contribution in [3.8, 4) is 0 Å². The first-order chi connectivity index (χ1) is 10.2. The normalized spacial score (nSPS) is 12.5. The van der Waals surface area contributed by atoms with Crippen LogP contribution >= 0.6 is 28.3 Å². The molecule has 22 heavy (non-hydrogen) atoms. The van der Waals surface area contributed by atoms with Crippen LogP contribution in [0.3, 0.4) is 0 Å². The molecule has 0 aliphatic heterocycles. The first-order valence-corrected chi connectivity index (χ1v) is 7.18. The number of hydrogen-bond donors (Lipinski definition) is 0. The van der Waals surface area contributed by atoms with E-state index in [4.69, 9.17) is 0 Å². The van der Waals surface area contributed by atoms with Crippen LogP contribution in [0.4, 0.5) is 0 Å². The summed E-state index contributed by atoms with van der Waals surface area (Å²) in [5, 5.41) is 8.23. The smallest absolute Gasteiger partial charge is 0.221 e. The monoisotopic (exact) mass is 379 g/mol. The van der Waals surface area contributed by atoms with Gasteiger partial charge in [0.25, 0.3) is 0 Å². The number of aromatic nitrogens is 7. The molecule has 1 atom stereocenters. The van der Waals surface area contributed by atoms with E-state index in [1.54, 1.807) is 17.1 Å². The molecule has 112 valence electrons. The highest BCUT2D eigenvalue weighted by Gasteiger charge is 2.16. The average Bonchev–Trinajstić information content (AvgIpc) is 3.11. The van der Waals surface area contributed by atoms with Crippen LogP contribution < -0.4 is 0 Å². The highest BCUT2D eigenvalue weighted by molar-refractivity contribution is 9.10. The lowest BCUT2D eigenvalue weighted by atomic mass is 10.1. The molecular weight excluding hydrogens is 370 g/mol. The predicted molar refractivity (Wildman–Crippen MR) is 87.1 cm³/mol. The van der Waals surface area contributed by atoms with Gasteiger partial charge in [0.15, 0.2) is 5.65 Å². The number of nitrogens with zero attached hydrogens (tertiary/aromatic N) is 7. The van der Waals surface area contributed by atoms with Crippen LogP contribution in [0.2, 0.25) is 0 Å². The molecule has 0 aromatic carbocycles. The van der Waals surface area contributed by atoms with Crippen molar-refractivity contribution in [1.29, 1.82) is 0 Å². The molecule has 0 saturated heterocycles. The van der Waals surface area contributed by atoms with E-state index in [2.05, 4.69) is 48.1 Å². The van der Waals surface area contributed by atoms with Crippen LogP contribution in [-0.2, 0) is 0 Å². The van der Waals surface area contributed by atoms with Crippen molar-refractivity contribution in [2.24, 2.45) is 0 Å². The highest BCUT2D eigenvalue weighted by Crippen LogP contribution is 2.21. The Labute approximate surface area is 139 Å². The van der Waals surface area contributed by atoms with E-state index in [1.165, 1.54) is 0 Å². The molecule has 4 rings (SSSR count). The number of imidazole rings is 1. The molecule has 0 fully saturated rings. The minimum Gasteiger partial charge on any atom is -0.307 e. The zero-order valence-electron chi connectivity index (χ0n) is 11.5. The van der Waals surface area contributed by atoms with Gasteiger partial charge in [-0.2, -0.15) is 0 Å². The summed E-state index contributed by atoms with van der Waals surface area (Å²) >= 11 is 3.33. The third-order valence-corrected chi connectivity index (χ3v) is 3.80. The van der Waals surface area contributed by atoms with Crippen molar-refractivity contribution in [2.75, 3.05) is 0 Å². The van der Waals surface area contributed by atoms with Crippen molar-refractivity contribution >= 4 is 45.3 Å². The molecular formula is C13H11BrClN7. The van der Waals surface area contributed by atoms with Gasteiger partial charge in [-0.1, -0.05) is 11.3 Å². The van der Waals surface area contributed by atoms with E-state index < -0.39 is 0 Å². The molecule has 7 nitrogen and oxygen atoms in total. The van der Waals surface area contributed by atoms with Gasteiger partial charge in [-0.25, -0.2) is 19.6 Å². The molecule has 0 spiro atoms. The summed E-state index contributed by atoms with van der Waals surface area (Å²) in [7, 11) is 0. The van der Waals surface area contributed by atoms with Gasteiger partial charge >= 0.3 is 0 Å². The molecule has 0 bridgehead atoms. The molecule has 0 aliphatic carbocycles. The van der Waals surface area contributed by atoms with E-state index >= 15 is 0 Å². The maximum absolute atomic E-state index is 4.41. The Hall–Kier alpha value is -2.06. The fourth-order valence-corrected chi connectivity index (χ4v) is 2.57. The Morgan fingerprint density at radius 1 is 1.23 bits per heavy atom. The summed E-state index contributed by atoms with van der Waals surface area (Å²) in [6.07, 6.45) is 7.34. The van der Waals surface area contributed by atoms with E-state index in [1.807, 2.05) is 28.9 Å². The maximum atomic E-state index is 4.41. The first kappa shape index (κ1) is 14.9. The van der Waals surface area contributed by atoms with Gasteiger partial charge in [0.2, 0.25) is 5.65 Å². The van der Waals surface area contributed by atoms with Crippen LogP contribution in [0.1, 0.15) is 18.5 Å². The maximum Gasteiger partial charge on any atom is 0.221 e. The highest BCUT2D eigenvalue weighted by atomic mass is 79.9. The van der Waals surface area contributed by atoms with Gasteiger partial charge < -0.3 is 4.40 Å². The lowest BCUT2D eigenvalue weighted by Gasteiger charge is -2.12. The summed E-state index contributed by atoms with van der Waals surface area (Å²) in [6.45, 7) is 2.05. The summed E-state index contributed by atoms with van der Waals surface area (Å²) in [4.78, 5) is 12.9. The number of halogens is 2. The average molecular weight is 381 g/mol. The Morgan fingerprint density at radius 3 is 2.95 bits per heavy atom. The van der Waals surface area contributed by atoms with Gasteiger partial charge in [-0.15, -0.1) is 17.5 Å². The summed E-state index contributed by atoms with van der Waals surface area (Å²) in [5.74, 6) is 0. The fourth-order valence-electron chi connectivity index (χ4n) is 2.30.